The number of aromatic amines is 1. The van der Waals surface area contributed by atoms with Crippen molar-refractivity contribution in [2.24, 2.45) is 7.05 Å². The van der Waals surface area contributed by atoms with Gasteiger partial charge in [0.15, 0.2) is 5.52 Å². The lowest BCUT2D eigenvalue weighted by Crippen LogP contribution is -2.12. The summed E-state index contributed by atoms with van der Waals surface area (Å²) in [4.78, 5) is 19.7. The molecule has 1 N–H and O–H groups in total. The molecule has 0 aliphatic carbocycles. The molecule has 0 aliphatic heterocycles. The van der Waals surface area contributed by atoms with Crippen LogP contribution in [0.5, 0.6) is 0 Å². The lowest BCUT2D eigenvalue weighted by molar-refractivity contribution is 0.751. The van der Waals surface area contributed by atoms with Crippen LogP contribution in [0.4, 0.5) is 0 Å². The van der Waals surface area contributed by atoms with E-state index in [-0.39, 0.29) is 5.56 Å². The fourth-order valence-electron chi connectivity index (χ4n) is 2.43. The Kier molecular flexibility index (Phi) is 3.51. The van der Waals surface area contributed by atoms with Gasteiger partial charge in [0.05, 0.1) is 10.7 Å². The third-order valence-corrected chi connectivity index (χ3v) is 3.71. The smallest absolute Gasteiger partial charge is 0.277 e. The minimum absolute atomic E-state index is 0.202. The molecule has 1 aromatic carbocycles. The molecule has 6 heteroatoms. The molecular weight excluding hydrogens is 288 g/mol. The molecule has 0 aliphatic rings. The van der Waals surface area contributed by atoms with Crippen LogP contribution >= 0.6 is 11.6 Å². The largest absolute Gasteiger partial charge is 0.305 e. The number of benzene rings is 1. The van der Waals surface area contributed by atoms with Gasteiger partial charge in [-0.05, 0) is 18.6 Å². The zero-order chi connectivity index (χ0) is 15.0. The zero-order valence-electron chi connectivity index (χ0n) is 11.9. The molecule has 108 valence electrons. The first kappa shape index (κ1) is 13.8. The Bertz CT molecular complexity index is 866. The van der Waals surface area contributed by atoms with Crippen molar-refractivity contribution in [2.45, 2.75) is 19.8 Å². The van der Waals surface area contributed by atoms with Crippen LogP contribution in [-0.4, -0.2) is 19.7 Å². The first-order chi connectivity index (χ1) is 10.1. The molecule has 2 aromatic heterocycles. The van der Waals surface area contributed by atoms with Crippen molar-refractivity contribution in [3.63, 3.8) is 0 Å². The van der Waals surface area contributed by atoms with Gasteiger partial charge in [0.2, 0.25) is 0 Å². The molecule has 0 amide bonds. The molecule has 0 saturated carbocycles. The van der Waals surface area contributed by atoms with Gasteiger partial charge in [-0.2, -0.15) is 5.10 Å². The van der Waals surface area contributed by atoms with E-state index in [1.165, 1.54) is 0 Å². The number of aromatic nitrogens is 4. The summed E-state index contributed by atoms with van der Waals surface area (Å²) in [7, 11) is 1.76. The highest BCUT2D eigenvalue weighted by atomic mass is 35.5. The topological polar surface area (TPSA) is 63.6 Å². The summed E-state index contributed by atoms with van der Waals surface area (Å²) in [5, 5.41) is 4.96. The fourth-order valence-corrected chi connectivity index (χ4v) is 2.66. The number of H-pyrrole nitrogens is 1. The van der Waals surface area contributed by atoms with Crippen LogP contribution in [0.25, 0.3) is 22.4 Å². The minimum atomic E-state index is -0.202. The van der Waals surface area contributed by atoms with Crippen LogP contribution in [0.1, 0.15) is 19.0 Å². The Morgan fingerprint density at radius 1 is 1.33 bits per heavy atom. The molecule has 3 aromatic rings. The summed E-state index contributed by atoms with van der Waals surface area (Å²) in [5.74, 6) is 0.475. The molecule has 0 saturated heterocycles. The summed E-state index contributed by atoms with van der Waals surface area (Å²) < 4.78 is 1.59. The predicted octanol–water partition coefficient (Wildman–Crippen LogP) is 2.93. The lowest BCUT2D eigenvalue weighted by Gasteiger charge is -2.04. The molecule has 0 bridgehead atoms. The first-order valence-electron chi connectivity index (χ1n) is 6.82. The van der Waals surface area contributed by atoms with E-state index in [0.29, 0.717) is 27.4 Å². The number of rotatable bonds is 3. The van der Waals surface area contributed by atoms with Gasteiger partial charge in [-0.25, -0.2) is 4.98 Å². The molecule has 0 fully saturated rings. The SMILES string of the molecule is CCCc1nn(C)c2c(=O)[nH]c(-c3ccccc3Cl)nc12. The molecular formula is C15H15ClN4O. The van der Waals surface area contributed by atoms with Crippen LogP contribution in [-0.2, 0) is 13.5 Å². The second kappa shape index (κ2) is 5.33. The van der Waals surface area contributed by atoms with Crippen molar-refractivity contribution in [2.75, 3.05) is 0 Å². The Hall–Kier alpha value is -2.14. The van der Waals surface area contributed by atoms with Crippen LogP contribution in [0, 0.1) is 0 Å². The van der Waals surface area contributed by atoms with Crippen LogP contribution < -0.4 is 5.56 Å². The maximum Gasteiger partial charge on any atom is 0.277 e. The molecule has 0 unspecified atom stereocenters. The molecule has 21 heavy (non-hydrogen) atoms. The van der Waals surface area contributed by atoms with Crippen LogP contribution in [0.2, 0.25) is 5.02 Å². The van der Waals surface area contributed by atoms with Crippen molar-refractivity contribution in [1.82, 2.24) is 19.7 Å². The lowest BCUT2D eigenvalue weighted by atomic mass is 10.2. The third-order valence-electron chi connectivity index (χ3n) is 3.38. The molecule has 3 rings (SSSR count). The monoisotopic (exact) mass is 302 g/mol. The Morgan fingerprint density at radius 3 is 2.81 bits per heavy atom. The molecule has 0 spiro atoms. The quantitative estimate of drug-likeness (QED) is 0.809. The number of halogens is 1. The van der Waals surface area contributed by atoms with Crippen molar-refractivity contribution in [3.05, 3.63) is 45.3 Å². The van der Waals surface area contributed by atoms with E-state index < -0.39 is 0 Å². The maximum atomic E-state index is 12.3. The standard InChI is InChI=1S/C15H15ClN4O/c1-3-6-11-12-13(20(2)19-11)15(21)18-14(17-12)9-7-4-5-8-10(9)16/h4-5,7-8H,3,6H2,1-2H3,(H,17,18,21). The van der Waals surface area contributed by atoms with Crippen molar-refractivity contribution < 1.29 is 0 Å². The van der Waals surface area contributed by atoms with Gasteiger partial charge in [-0.3, -0.25) is 9.48 Å². The molecule has 0 atom stereocenters. The second-order valence-electron chi connectivity index (χ2n) is 4.91. The Labute approximate surface area is 126 Å². The van der Waals surface area contributed by atoms with Gasteiger partial charge in [-0.15, -0.1) is 0 Å². The van der Waals surface area contributed by atoms with E-state index in [0.717, 1.165) is 18.5 Å². The summed E-state index contributed by atoms with van der Waals surface area (Å²) in [5.41, 5.74) is 2.50. The number of hydrogen-bond acceptors (Lipinski definition) is 3. The highest BCUT2D eigenvalue weighted by Crippen LogP contribution is 2.25. The average molecular weight is 303 g/mol. The van der Waals surface area contributed by atoms with Gasteiger partial charge < -0.3 is 4.98 Å². The number of aryl methyl sites for hydroxylation is 2. The number of hydrogen-bond donors (Lipinski definition) is 1. The van der Waals surface area contributed by atoms with Gasteiger partial charge in [0.1, 0.15) is 11.3 Å². The van der Waals surface area contributed by atoms with E-state index in [2.05, 4.69) is 22.0 Å². The van der Waals surface area contributed by atoms with E-state index in [9.17, 15) is 4.79 Å². The fraction of sp³-hybridized carbons (Fsp3) is 0.267. The van der Waals surface area contributed by atoms with Gasteiger partial charge in [-0.1, -0.05) is 37.1 Å². The summed E-state index contributed by atoms with van der Waals surface area (Å²) in [6, 6.07) is 7.32. The second-order valence-corrected chi connectivity index (χ2v) is 5.32. The maximum absolute atomic E-state index is 12.3. The van der Waals surface area contributed by atoms with Crippen molar-refractivity contribution in [3.8, 4) is 11.4 Å². The Balaban J connectivity index is 2.30. The van der Waals surface area contributed by atoms with E-state index in [4.69, 9.17) is 11.6 Å². The average Bonchev–Trinajstić information content (AvgIpc) is 2.77. The van der Waals surface area contributed by atoms with E-state index >= 15 is 0 Å². The van der Waals surface area contributed by atoms with Crippen molar-refractivity contribution >= 4 is 22.6 Å². The van der Waals surface area contributed by atoms with Crippen molar-refractivity contribution in [1.29, 1.82) is 0 Å². The van der Waals surface area contributed by atoms with E-state index in [1.807, 2.05) is 18.2 Å². The van der Waals surface area contributed by atoms with Crippen LogP contribution in [0.3, 0.4) is 0 Å². The number of nitrogens with zero attached hydrogens (tertiary/aromatic N) is 3. The molecule has 2 heterocycles. The third kappa shape index (κ3) is 2.34. The minimum Gasteiger partial charge on any atom is -0.305 e. The summed E-state index contributed by atoms with van der Waals surface area (Å²) in [6.45, 7) is 2.07. The van der Waals surface area contributed by atoms with E-state index in [1.54, 1.807) is 17.8 Å². The Morgan fingerprint density at radius 2 is 2.10 bits per heavy atom. The van der Waals surface area contributed by atoms with Crippen LogP contribution in [0.15, 0.2) is 29.1 Å². The number of nitrogens with one attached hydrogen (secondary N) is 1. The highest BCUT2D eigenvalue weighted by molar-refractivity contribution is 6.33. The predicted molar refractivity (Wildman–Crippen MR) is 83.6 cm³/mol. The zero-order valence-corrected chi connectivity index (χ0v) is 12.6. The normalized spacial score (nSPS) is 11.2. The summed E-state index contributed by atoms with van der Waals surface area (Å²) in [6.07, 6.45) is 1.73. The van der Waals surface area contributed by atoms with Gasteiger partial charge in [0.25, 0.3) is 5.56 Å². The first-order valence-corrected chi connectivity index (χ1v) is 7.20. The van der Waals surface area contributed by atoms with Gasteiger partial charge in [0, 0.05) is 12.6 Å². The summed E-state index contributed by atoms with van der Waals surface area (Å²) >= 11 is 6.19. The van der Waals surface area contributed by atoms with Gasteiger partial charge >= 0.3 is 0 Å². The number of fused-ring (bicyclic) bond motifs is 1. The molecule has 5 nitrogen and oxygen atoms in total. The molecule has 0 radical (unpaired) electrons. The highest BCUT2D eigenvalue weighted by Gasteiger charge is 2.15.